The average molecular weight is 327 g/mol. The topological polar surface area (TPSA) is 17.8 Å². The van der Waals surface area contributed by atoms with Gasteiger partial charge in [-0.3, -0.25) is 0 Å². The molecule has 5 heteroatoms. The molecule has 0 amide bonds. The normalized spacial score (nSPS) is 15.8. The summed E-state index contributed by atoms with van der Waals surface area (Å²) >= 11 is 12.5. The van der Waals surface area contributed by atoms with E-state index < -0.39 is 0 Å². The van der Waals surface area contributed by atoms with Crippen LogP contribution in [0, 0.1) is 5.82 Å². The largest absolute Gasteiger partial charge is 0.249 e. The maximum absolute atomic E-state index is 13.3. The van der Waals surface area contributed by atoms with Gasteiger partial charge in [-0.2, -0.15) is 5.10 Å². The third-order valence-corrected chi connectivity index (χ3v) is 4.80. The first kappa shape index (κ1) is 14.9. The molecule has 0 radical (unpaired) electrons. The molecule has 0 N–H and O–H groups in total. The number of aromatic nitrogens is 2. The SMILES string of the molecule is Fc1cccc(Cn2nc(C3CCCC3)c(CCl)c2Cl)c1. The van der Waals surface area contributed by atoms with Gasteiger partial charge in [-0.05, 0) is 30.5 Å². The van der Waals surface area contributed by atoms with Gasteiger partial charge in [0.25, 0.3) is 0 Å². The molecule has 0 saturated heterocycles. The summed E-state index contributed by atoms with van der Waals surface area (Å²) in [5, 5.41) is 5.25. The van der Waals surface area contributed by atoms with E-state index in [1.807, 2.05) is 6.07 Å². The lowest BCUT2D eigenvalue weighted by molar-refractivity contribution is 0.610. The van der Waals surface area contributed by atoms with Gasteiger partial charge in [-0.25, -0.2) is 9.07 Å². The molecule has 1 fully saturated rings. The van der Waals surface area contributed by atoms with Gasteiger partial charge in [0.05, 0.1) is 18.1 Å². The third-order valence-electron chi connectivity index (χ3n) is 4.11. The van der Waals surface area contributed by atoms with E-state index in [0.717, 1.165) is 29.7 Å². The predicted molar refractivity (Wildman–Crippen MR) is 83.5 cm³/mol. The molecule has 0 atom stereocenters. The third kappa shape index (κ3) is 3.09. The number of benzene rings is 1. The van der Waals surface area contributed by atoms with Crippen molar-refractivity contribution >= 4 is 23.2 Å². The summed E-state index contributed by atoms with van der Waals surface area (Å²) in [5.41, 5.74) is 2.81. The van der Waals surface area contributed by atoms with Crippen LogP contribution in [0.1, 0.15) is 48.4 Å². The fraction of sp³-hybridized carbons (Fsp3) is 0.438. The lowest BCUT2D eigenvalue weighted by Gasteiger charge is -2.06. The number of hydrogen-bond donors (Lipinski definition) is 0. The molecule has 1 saturated carbocycles. The van der Waals surface area contributed by atoms with Gasteiger partial charge in [-0.1, -0.05) is 36.6 Å². The second kappa shape index (κ2) is 6.37. The van der Waals surface area contributed by atoms with Gasteiger partial charge in [0, 0.05) is 11.5 Å². The highest BCUT2D eigenvalue weighted by Crippen LogP contribution is 2.38. The van der Waals surface area contributed by atoms with Gasteiger partial charge in [-0.15, -0.1) is 11.6 Å². The summed E-state index contributed by atoms with van der Waals surface area (Å²) < 4.78 is 15.0. The summed E-state index contributed by atoms with van der Waals surface area (Å²) in [6.45, 7) is 0.465. The van der Waals surface area contributed by atoms with Gasteiger partial charge in [0.1, 0.15) is 11.0 Å². The quantitative estimate of drug-likeness (QED) is 0.713. The van der Waals surface area contributed by atoms with E-state index in [1.165, 1.54) is 25.0 Å². The maximum atomic E-state index is 13.3. The number of nitrogens with zero attached hydrogens (tertiary/aromatic N) is 2. The van der Waals surface area contributed by atoms with Crippen LogP contribution in [0.25, 0.3) is 0 Å². The zero-order valence-corrected chi connectivity index (χ0v) is 13.2. The van der Waals surface area contributed by atoms with Crippen molar-refractivity contribution < 1.29 is 4.39 Å². The lowest BCUT2D eigenvalue weighted by Crippen LogP contribution is -2.03. The second-order valence-electron chi connectivity index (χ2n) is 5.56. The standard InChI is InChI=1S/C16H17Cl2FN2/c17-9-14-15(12-5-1-2-6-12)20-21(16(14)18)10-11-4-3-7-13(19)8-11/h3-4,7-8,12H,1-2,5-6,9-10H2. The molecule has 21 heavy (non-hydrogen) atoms. The van der Waals surface area contributed by atoms with Crippen LogP contribution in [0.15, 0.2) is 24.3 Å². The van der Waals surface area contributed by atoms with Crippen LogP contribution < -0.4 is 0 Å². The van der Waals surface area contributed by atoms with E-state index >= 15 is 0 Å². The van der Waals surface area contributed by atoms with Crippen molar-refractivity contribution in [2.24, 2.45) is 0 Å². The molecule has 2 nitrogen and oxygen atoms in total. The lowest BCUT2D eigenvalue weighted by atomic mass is 10.0. The molecule has 1 aromatic heterocycles. The van der Waals surface area contributed by atoms with Crippen LogP contribution in [-0.2, 0) is 12.4 Å². The highest BCUT2D eigenvalue weighted by Gasteiger charge is 2.25. The number of alkyl halides is 1. The molecule has 0 unspecified atom stereocenters. The molecule has 1 heterocycles. The first-order chi connectivity index (χ1) is 10.2. The van der Waals surface area contributed by atoms with E-state index in [4.69, 9.17) is 23.2 Å². The van der Waals surface area contributed by atoms with Crippen molar-refractivity contribution in [1.29, 1.82) is 0 Å². The second-order valence-corrected chi connectivity index (χ2v) is 6.18. The molecule has 3 rings (SSSR count). The highest BCUT2D eigenvalue weighted by atomic mass is 35.5. The Hall–Kier alpha value is -1.06. The Balaban J connectivity index is 1.91. The molecule has 1 aromatic carbocycles. The average Bonchev–Trinajstić information content (AvgIpc) is 3.08. The van der Waals surface area contributed by atoms with Crippen LogP contribution in [0.5, 0.6) is 0 Å². The van der Waals surface area contributed by atoms with Crippen molar-refractivity contribution in [1.82, 2.24) is 9.78 Å². The highest BCUT2D eigenvalue weighted by molar-refractivity contribution is 6.31. The minimum Gasteiger partial charge on any atom is -0.249 e. The summed E-state index contributed by atoms with van der Waals surface area (Å²) in [4.78, 5) is 0. The Morgan fingerprint density at radius 2 is 2.05 bits per heavy atom. The van der Waals surface area contributed by atoms with Crippen LogP contribution in [0.3, 0.4) is 0 Å². The van der Waals surface area contributed by atoms with E-state index in [2.05, 4.69) is 5.10 Å². The molecule has 0 bridgehead atoms. The van der Waals surface area contributed by atoms with Crippen molar-refractivity contribution in [3.8, 4) is 0 Å². The summed E-state index contributed by atoms with van der Waals surface area (Å²) in [7, 11) is 0. The van der Waals surface area contributed by atoms with E-state index in [9.17, 15) is 4.39 Å². The van der Waals surface area contributed by atoms with E-state index in [1.54, 1.807) is 10.7 Å². The summed E-state index contributed by atoms with van der Waals surface area (Å²) in [6.07, 6.45) is 4.77. The number of halogens is 3. The Morgan fingerprint density at radius 3 is 2.71 bits per heavy atom. The maximum Gasteiger partial charge on any atom is 0.132 e. The molecular formula is C16H17Cl2FN2. The van der Waals surface area contributed by atoms with Crippen LogP contribution in [0.4, 0.5) is 4.39 Å². The van der Waals surface area contributed by atoms with Crippen molar-refractivity contribution in [3.05, 3.63) is 52.1 Å². The zero-order chi connectivity index (χ0) is 14.8. The van der Waals surface area contributed by atoms with Gasteiger partial charge < -0.3 is 0 Å². The monoisotopic (exact) mass is 326 g/mol. The molecule has 2 aromatic rings. The fourth-order valence-corrected chi connectivity index (χ4v) is 3.65. The molecule has 1 aliphatic rings. The molecular weight excluding hydrogens is 310 g/mol. The van der Waals surface area contributed by atoms with Crippen molar-refractivity contribution in [2.75, 3.05) is 0 Å². The Labute approximate surface area is 133 Å². The van der Waals surface area contributed by atoms with Crippen LogP contribution >= 0.6 is 23.2 Å². The molecule has 112 valence electrons. The minimum absolute atomic E-state index is 0.246. The number of rotatable bonds is 4. The van der Waals surface area contributed by atoms with Crippen molar-refractivity contribution in [2.45, 2.75) is 44.0 Å². The molecule has 1 aliphatic carbocycles. The first-order valence-corrected chi connectivity index (χ1v) is 8.15. The van der Waals surface area contributed by atoms with Gasteiger partial charge >= 0.3 is 0 Å². The zero-order valence-electron chi connectivity index (χ0n) is 11.7. The fourth-order valence-electron chi connectivity index (χ4n) is 3.06. The Bertz CT molecular complexity index is 633. The smallest absolute Gasteiger partial charge is 0.132 e. The Kier molecular flexibility index (Phi) is 4.51. The van der Waals surface area contributed by atoms with Crippen LogP contribution in [-0.4, -0.2) is 9.78 Å². The number of hydrogen-bond acceptors (Lipinski definition) is 1. The van der Waals surface area contributed by atoms with Gasteiger partial charge in [0.2, 0.25) is 0 Å². The summed E-state index contributed by atoms with van der Waals surface area (Å²) in [5.74, 6) is 0.586. The van der Waals surface area contributed by atoms with E-state index in [0.29, 0.717) is 23.5 Å². The van der Waals surface area contributed by atoms with E-state index in [-0.39, 0.29) is 5.82 Å². The Morgan fingerprint density at radius 1 is 1.29 bits per heavy atom. The minimum atomic E-state index is -0.246. The predicted octanol–water partition coefficient (Wildman–Crippen LogP) is 5.12. The molecule has 0 aliphatic heterocycles. The molecule has 0 spiro atoms. The first-order valence-electron chi connectivity index (χ1n) is 7.24. The van der Waals surface area contributed by atoms with Crippen LogP contribution in [0.2, 0.25) is 5.15 Å². The summed E-state index contributed by atoms with van der Waals surface area (Å²) in [6, 6.07) is 6.51. The van der Waals surface area contributed by atoms with Gasteiger partial charge in [0.15, 0.2) is 0 Å². The van der Waals surface area contributed by atoms with Crippen molar-refractivity contribution in [3.63, 3.8) is 0 Å².